The molecule has 0 bridgehead atoms. The van der Waals surface area contributed by atoms with Gasteiger partial charge in [0, 0.05) is 11.5 Å². The molecule has 4 nitrogen and oxygen atoms in total. The number of Topliss-reactive ketones (excluding diaryl/α,β-unsaturated/α-hetero) is 1. The minimum absolute atomic E-state index is 0.00778. The summed E-state index contributed by atoms with van der Waals surface area (Å²) in [6.45, 7) is -0.0945. The molecule has 2 rings (SSSR count). The third-order valence-electron chi connectivity index (χ3n) is 2.55. The van der Waals surface area contributed by atoms with Crippen LogP contribution in [0.3, 0.4) is 0 Å². The van der Waals surface area contributed by atoms with E-state index < -0.39 is 0 Å². The lowest BCUT2D eigenvalue weighted by Crippen LogP contribution is -2.21. The quantitative estimate of drug-likeness (QED) is 0.678. The number of nitrogens with two attached hydrogens (primary N) is 1. The number of hydrogen-bond donors (Lipinski definition) is 2. The Kier molecular flexibility index (Phi) is 2.70. The number of fused-ring (bicyclic) bond motifs is 1. The lowest BCUT2D eigenvalue weighted by Gasteiger charge is -2.17. The Morgan fingerprint density at radius 3 is 3.00 bits per heavy atom. The SMILES string of the molecule is NCC(=O)C1=CC2OC(CO)=CC2C=C1. The van der Waals surface area contributed by atoms with Gasteiger partial charge in [0.25, 0.3) is 0 Å². The fourth-order valence-electron chi connectivity index (χ4n) is 1.75. The van der Waals surface area contributed by atoms with Crippen LogP contribution in [0.4, 0.5) is 0 Å². The Hall–Kier alpha value is -1.39. The largest absolute Gasteiger partial charge is 0.488 e. The van der Waals surface area contributed by atoms with Gasteiger partial charge >= 0.3 is 0 Å². The van der Waals surface area contributed by atoms with Crippen LogP contribution in [0.1, 0.15) is 0 Å². The first-order chi connectivity index (χ1) is 7.24. The van der Waals surface area contributed by atoms with E-state index in [-0.39, 0.29) is 31.0 Å². The zero-order valence-electron chi connectivity index (χ0n) is 8.22. The van der Waals surface area contributed by atoms with Gasteiger partial charge in [-0.25, -0.2) is 0 Å². The van der Waals surface area contributed by atoms with Crippen LogP contribution in [-0.4, -0.2) is 30.1 Å². The predicted molar refractivity (Wildman–Crippen MR) is 54.8 cm³/mol. The van der Waals surface area contributed by atoms with Crippen LogP contribution in [-0.2, 0) is 9.53 Å². The summed E-state index contributed by atoms with van der Waals surface area (Å²) in [7, 11) is 0. The van der Waals surface area contributed by atoms with Gasteiger partial charge in [-0.1, -0.05) is 12.2 Å². The van der Waals surface area contributed by atoms with E-state index in [0.29, 0.717) is 11.3 Å². The Bertz CT molecular complexity index is 368. The molecule has 0 saturated carbocycles. The third kappa shape index (κ3) is 1.86. The van der Waals surface area contributed by atoms with E-state index in [1.807, 2.05) is 12.2 Å². The molecule has 3 N–H and O–H groups in total. The average molecular weight is 207 g/mol. The molecule has 2 aliphatic rings. The fourth-order valence-corrected chi connectivity index (χ4v) is 1.75. The zero-order valence-corrected chi connectivity index (χ0v) is 8.22. The summed E-state index contributed by atoms with van der Waals surface area (Å²) >= 11 is 0. The van der Waals surface area contributed by atoms with Gasteiger partial charge < -0.3 is 15.6 Å². The second-order valence-electron chi connectivity index (χ2n) is 3.56. The van der Waals surface area contributed by atoms with Crippen molar-refractivity contribution in [1.29, 1.82) is 0 Å². The molecule has 4 heteroatoms. The van der Waals surface area contributed by atoms with Crippen molar-refractivity contribution in [3.05, 3.63) is 35.6 Å². The van der Waals surface area contributed by atoms with Gasteiger partial charge in [0.1, 0.15) is 18.5 Å². The molecule has 0 radical (unpaired) electrons. The smallest absolute Gasteiger partial charge is 0.176 e. The number of ketones is 1. The van der Waals surface area contributed by atoms with E-state index in [2.05, 4.69) is 0 Å². The molecule has 15 heavy (non-hydrogen) atoms. The van der Waals surface area contributed by atoms with E-state index in [4.69, 9.17) is 15.6 Å². The van der Waals surface area contributed by atoms with Crippen molar-refractivity contribution in [3.63, 3.8) is 0 Å². The molecule has 0 spiro atoms. The van der Waals surface area contributed by atoms with Crippen LogP contribution in [0.15, 0.2) is 35.6 Å². The number of rotatable bonds is 3. The van der Waals surface area contributed by atoms with E-state index in [0.717, 1.165) is 0 Å². The summed E-state index contributed by atoms with van der Waals surface area (Å²) < 4.78 is 5.43. The molecule has 0 aromatic rings. The number of aliphatic hydroxyl groups excluding tert-OH is 1. The molecule has 0 aromatic heterocycles. The van der Waals surface area contributed by atoms with Gasteiger partial charge in [-0.3, -0.25) is 4.79 Å². The number of aliphatic hydroxyl groups is 1. The predicted octanol–water partition coefficient (Wildman–Crippen LogP) is -0.0984. The molecule has 0 amide bonds. The lowest BCUT2D eigenvalue weighted by atomic mass is 9.93. The Balaban J connectivity index is 2.14. The van der Waals surface area contributed by atoms with Gasteiger partial charge in [-0.2, -0.15) is 0 Å². The molecule has 0 aromatic carbocycles. The van der Waals surface area contributed by atoms with Crippen molar-refractivity contribution in [3.8, 4) is 0 Å². The van der Waals surface area contributed by atoms with Crippen molar-refractivity contribution in [2.24, 2.45) is 11.7 Å². The first kappa shape index (κ1) is 10.1. The second kappa shape index (κ2) is 4.00. The van der Waals surface area contributed by atoms with Gasteiger partial charge in [-0.05, 0) is 12.2 Å². The van der Waals surface area contributed by atoms with Crippen molar-refractivity contribution in [2.75, 3.05) is 13.2 Å². The minimum Gasteiger partial charge on any atom is -0.488 e. The van der Waals surface area contributed by atoms with Crippen LogP contribution in [0.25, 0.3) is 0 Å². The molecule has 2 unspecified atom stereocenters. The Morgan fingerprint density at radius 2 is 2.33 bits per heavy atom. The number of carbonyl (C=O) groups excluding carboxylic acids is 1. The van der Waals surface area contributed by atoms with Crippen molar-refractivity contribution in [1.82, 2.24) is 0 Å². The van der Waals surface area contributed by atoms with Crippen LogP contribution in [0.2, 0.25) is 0 Å². The summed E-state index contributed by atoms with van der Waals surface area (Å²) in [5.74, 6) is 0.597. The van der Waals surface area contributed by atoms with Crippen molar-refractivity contribution in [2.45, 2.75) is 6.10 Å². The number of ether oxygens (including phenoxy) is 1. The lowest BCUT2D eigenvalue weighted by molar-refractivity contribution is -0.114. The molecule has 1 aliphatic carbocycles. The van der Waals surface area contributed by atoms with Crippen LogP contribution in [0, 0.1) is 5.92 Å². The summed E-state index contributed by atoms with van der Waals surface area (Å²) in [6.07, 6.45) is 7.12. The molecular formula is C11H13NO3. The highest BCUT2D eigenvalue weighted by Crippen LogP contribution is 2.29. The first-order valence-corrected chi connectivity index (χ1v) is 4.86. The van der Waals surface area contributed by atoms with Gasteiger partial charge in [0.15, 0.2) is 5.78 Å². The standard InChI is InChI=1S/C11H13NO3/c12-5-10(14)7-1-2-8-3-9(6-13)15-11(8)4-7/h1-4,8,11,13H,5-6,12H2. The fraction of sp³-hybridized carbons (Fsp3) is 0.364. The van der Waals surface area contributed by atoms with E-state index in [1.165, 1.54) is 0 Å². The van der Waals surface area contributed by atoms with E-state index >= 15 is 0 Å². The maximum atomic E-state index is 11.3. The maximum Gasteiger partial charge on any atom is 0.176 e. The molecule has 1 heterocycles. The number of carbonyl (C=O) groups is 1. The normalized spacial score (nSPS) is 27.9. The highest BCUT2D eigenvalue weighted by atomic mass is 16.5. The van der Waals surface area contributed by atoms with Crippen LogP contribution in [0.5, 0.6) is 0 Å². The average Bonchev–Trinajstić information content (AvgIpc) is 2.69. The molecule has 80 valence electrons. The molecule has 1 aliphatic heterocycles. The van der Waals surface area contributed by atoms with Gasteiger partial charge in [-0.15, -0.1) is 0 Å². The van der Waals surface area contributed by atoms with Gasteiger partial charge in [0.2, 0.25) is 0 Å². The summed E-state index contributed by atoms with van der Waals surface area (Å²) in [6, 6.07) is 0. The number of hydrogen-bond acceptors (Lipinski definition) is 4. The van der Waals surface area contributed by atoms with E-state index in [9.17, 15) is 4.79 Å². The van der Waals surface area contributed by atoms with Crippen molar-refractivity contribution < 1.29 is 14.6 Å². The third-order valence-corrected chi connectivity index (χ3v) is 2.55. The van der Waals surface area contributed by atoms with Crippen molar-refractivity contribution >= 4 is 5.78 Å². The van der Waals surface area contributed by atoms with Crippen LogP contribution >= 0.6 is 0 Å². The topological polar surface area (TPSA) is 72.6 Å². The molecular weight excluding hydrogens is 194 g/mol. The maximum absolute atomic E-state index is 11.3. The highest BCUT2D eigenvalue weighted by molar-refractivity contribution is 5.99. The van der Waals surface area contributed by atoms with Crippen LogP contribution < -0.4 is 5.73 Å². The molecule has 2 atom stereocenters. The Morgan fingerprint density at radius 1 is 1.53 bits per heavy atom. The van der Waals surface area contributed by atoms with Gasteiger partial charge in [0.05, 0.1) is 6.54 Å². The summed E-state index contributed by atoms with van der Waals surface area (Å²) in [5.41, 5.74) is 5.86. The number of allylic oxidation sites excluding steroid dienone is 1. The first-order valence-electron chi connectivity index (χ1n) is 4.86. The minimum atomic E-state index is -0.164. The monoisotopic (exact) mass is 207 g/mol. The van der Waals surface area contributed by atoms with E-state index in [1.54, 1.807) is 12.2 Å². The zero-order chi connectivity index (χ0) is 10.8. The highest BCUT2D eigenvalue weighted by Gasteiger charge is 2.28. The Labute approximate surface area is 87.7 Å². The second-order valence-corrected chi connectivity index (χ2v) is 3.56. The molecule has 0 fully saturated rings. The summed E-state index contributed by atoms with van der Waals surface area (Å²) in [4.78, 5) is 11.3. The summed E-state index contributed by atoms with van der Waals surface area (Å²) in [5, 5.41) is 8.91. The molecule has 0 saturated heterocycles.